The monoisotopic (exact) mass is 668 g/mol. The predicted octanol–water partition coefficient (Wildman–Crippen LogP) is 6.81. The number of anilines is 3. The highest BCUT2D eigenvalue weighted by molar-refractivity contribution is 7.15. The van der Waals surface area contributed by atoms with Crippen LogP contribution in [0, 0.1) is 5.41 Å². The van der Waals surface area contributed by atoms with Gasteiger partial charge in [0, 0.05) is 40.6 Å². The number of carboxylic acid groups (broad SMARTS) is 2. The molecule has 4 amide bonds. The molecule has 0 aliphatic heterocycles. The van der Waals surface area contributed by atoms with Gasteiger partial charge in [0.1, 0.15) is 0 Å². The lowest BCUT2D eigenvalue weighted by molar-refractivity contribution is -0.114. The average molecular weight is 669 g/mol. The van der Waals surface area contributed by atoms with Crippen molar-refractivity contribution >= 4 is 52.0 Å². The first-order chi connectivity index (χ1) is 21.8. The van der Waals surface area contributed by atoms with Crippen LogP contribution in [0.2, 0.25) is 0 Å². The number of hydrogen-bond acceptors (Lipinski definition) is 8. The van der Waals surface area contributed by atoms with Gasteiger partial charge in [-0.25, -0.2) is 19.4 Å². The summed E-state index contributed by atoms with van der Waals surface area (Å²) in [6, 6.07) is 14.7. The van der Waals surface area contributed by atoms with Crippen LogP contribution in [0.3, 0.4) is 0 Å². The number of aryl methyl sites for hydroxylation is 2. The van der Waals surface area contributed by atoms with Gasteiger partial charge in [-0.2, -0.15) is 0 Å². The van der Waals surface area contributed by atoms with E-state index in [2.05, 4.69) is 31.0 Å². The van der Waals surface area contributed by atoms with E-state index >= 15 is 0 Å². The summed E-state index contributed by atoms with van der Waals surface area (Å²) in [7, 11) is 1.30. The number of nitrogens with one attached hydrogen (secondary N) is 4. The molecular weight excluding hydrogens is 624 g/mol. The van der Waals surface area contributed by atoms with E-state index in [-0.39, 0.29) is 5.91 Å². The molecule has 0 radical (unpaired) electrons. The van der Waals surface area contributed by atoms with Crippen molar-refractivity contribution in [3.8, 4) is 0 Å². The zero-order valence-corrected chi connectivity index (χ0v) is 28.8. The van der Waals surface area contributed by atoms with E-state index in [4.69, 9.17) is 0 Å². The highest BCUT2D eigenvalue weighted by Gasteiger charge is 2.54. The number of aromatic nitrogens is 1. The van der Waals surface area contributed by atoms with Gasteiger partial charge >= 0.3 is 18.3 Å². The van der Waals surface area contributed by atoms with Crippen LogP contribution in [0.5, 0.6) is 0 Å². The van der Waals surface area contributed by atoms with Crippen LogP contribution in [0.15, 0.2) is 48.5 Å². The number of nitrogens with zero attached hydrogens (tertiary/aromatic N) is 2. The maximum Gasteiger partial charge on any atom is 0.411 e. The zero-order chi connectivity index (χ0) is 35.2. The number of rotatable bonds is 11. The molecule has 3 rings (SSSR count). The van der Waals surface area contributed by atoms with E-state index in [9.17, 15) is 29.4 Å². The van der Waals surface area contributed by atoms with Gasteiger partial charge in [-0.1, -0.05) is 45.0 Å². The summed E-state index contributed by atoms with van der Waals surface area (Å²) < 4.78 is 4.64. The zero-order valence-electron chi connectivity index (χ0n) is 28.0. The van der Waals surface area contributed by atoms with Crippen molar-refractivity contribution in [3.63, 3.8) is 0 Å². The smallest absolute Gasteiger partial charge is 0.411 e. The van der Waals surface area contributed by atoms with E-state index in [0.717, 1.165) is 26.6 Å². The topological polar surface area (TPSA) is 182 Å². The Hall–Kier alpha value is -4.85. The van der Waals surface area contributed by atoms with Crippen molar-refractivity contribution < 1.29 is 34.1 Å². The normalized spacial score (nSPS) is 12.8. The van der Waals surface area contributed by atoms with E-state index < -0.39 is 35.0 Å². The molecule has 6 N–H and O–H groups in total. The summed E-state index contributed by atoms with van der Waals surface area (Å²) in [5.74, 6) is -1.93. The molecule has 13 nitrogen and oxygen atoms in total. The van der Waals surface area contributed by atoms with Crippen LogP contribution >= 0.6 is 11.3 Å². The summed E-state index contributed by atoms with van der Waals surface area (Å²) in [5, 5.41) is 31.6. The fourth-order valence-corrected chi connectivity index (χ4v) is 6.24. The number of methoxy groups -OCH3 is 1. The molecule has 14 heteroatoms. The first-order valence-electron chi connectivity index (χ1n) is 15.0. The molecule has 3 aromatic rings. The van der Waals surface area contributed by atoms with E-state index in [1.165, 1.54) is 25.4 Å². The molecule has 0 saturated heterocycles. The fraction of sp³-hybridized carbons (Fsp3) is 0.424. The predicted molar refractivity (Wildman–Crippen MR) is 182 cm³/mol. The van der Waals surface area contributed by atoms with Gasteiger partial charge in [-0.15, -0.1) is 11.3 Å². The lowest BCUT2D eigenvalue weighted by Gasteiger charge is -2.55. The SMILES string of the molecule is COC(=O)Nc1ccc(Cc2sc(NC(C)=O)nc2CCc2ccc(NC(NC(=O)O)(N(C(=O)O)C(C)(C)C)C(C)(C)C)cc2)cc1. The Balaban J connectivity index is 1.84. The minimum absolute atomic E-state index is 0.213. The molecule has 2 aromatic carbocycles. The van der Waals surface area contributed by atoms with Gasteiger partial charge in [0.15, 0.2) is 5.13 Å². The summed E-state index contributed by atoms with van der Waals surface area (Å²) in [6.07, 6.45) is -1.41. The van der Waals surface area contributed by atoms with Crippen LogP contribution in [0.25, 0.3) is 0 Å². The number of carbonyl (C=O) groups excluding carboxylic acids is 2. The fourth-order valence-electron chi connectivity index (χ4n) is 5.15. The van der Waals surface area contributed by atoms with Gasteiger partial charge in [-0.3, -0.25) is 20.3 Å². The van der Waals surface area contributed by atoms with Crippen molar-refractivity contribution in [3.05, 3.63) is 70.2 Å². The molecule has 1 heterocycles. The number of thiazole rings is 1. The van der Waals surface area contributed by atoms with Crippen molar-refractivity contribution in [2.45, 2.75) is 79.1 Å². The first-order valence-corrected chi connectivity index (χ1v) is 15.8. The Labute approximate surface area is 278 Å². The number of benzene rings is 2. The number of hydrogen-bond donors (Lipinski definition) is 6. The van der Waals surface area contributed by atoms with Crippen molar-refractivity contribution in [1.82, 2.24) is 15.2 Å². The van der Waals surface area contributed by atoms with Crippen LogP contribution in [0.4, 0.5) is 30.9 Å². The third kappa shape index (κ3) is 9.58. The Morgan fingerprint density at radius 2 is 1.43 bits per heavy atom. The Morgan fingerprint density at radius 3 is 1.91 bits per heavy atom. The Morgan fingerprint density at radius 1 is 0.851 bits per heavy atom. The second-order valence-electron chi connectivity index (χ2n) is 13.1. The van der Waals surface area contributed by atoms with Crippen LogP contribution in [-0.4, -0.2) is 62.7 Å². The van der Waals surface area contributed by atoms with Crippen LogP contribution in [0.1, 0.15) is 70.2 Å². The van der Waals surface area contributed by atoms with Crippen LogP contribution < -0.4 is 21.3 Å². The largest absolute Gasteiger partial charge is 0.465 e. The molecule has 1 aromatic heterocycles. The molecule has 47 heavy (non-hydrogen) atoms. The molecule has 1 atom stereocenters. The standard InChI is InChI=1S/C33H44N6O7S/c1-20(40)34-27-36-25(26(47-27)19-22-11-14-23(15-12-22)35-29(43)46-8)18-13-21-9-16-24(17-10-21)37-33(31(2,3)4,38-28(41)42)39(30(44)45)32(5,6)7/h9-12,14-17,37-38H,13,18-19H2,1-8H3,(H,35,43)(H,41,42)(H,44,45)(H,34,36,40). The van der Waals surface area contributed by atoms with Gasteiger partial charge in [0.2, 0.25) is 11.7 Å². The van der Waals surface area contributed by atoms with Crippen LogP contribution in [-0.2, 0) is 28.8 Å². The third-order valence-electron chi connectivity index (χ3n) is 7.31. The second-order valence-corrected chi connectivity index (χ2v) is 14.1. The van der Waals surface area contributed by atoms with E-state index in [1.54, 1.807) is 65.8 Å². The summed E-state index contributed by atoms with van der Waals surface area (Å²) >= 11 is 1.41. The number of carbonyl (C=O) groups is 4. The Bertz CT molecular complexity index is 1580. The molecule has 0 aliphatic carbocycles. The number of amides is 4. The van der Waals surface area contributed by atoms with Gasteiger partial charge in [0.05, 0.1) is 12.8 Å². The summed E-state index contributed by atoms with van der Waals surface area (Å²) in [6.45, 7) is 11.8. The Kier molecular flexibility index (Phi) is 11.5. The van der Waals surface area contributed by atoms with Gasteiger partial charge in [0.25, 0.3) is 0 Å². The van der Waals surface area contributed by atoms with Crippen molar-refractivity contribution in [2.75, 3.05) is 23.1 Å². The van der Waals surface area contributed by atoms with Gasteiger partial charge in [-0.05, 0) is 69.0 Å². The molecule has 0 aliphatic rings. The molecule has 254 valence electrons. The average Bonchev–Trinajstić information content (AvgIpc) is 3.31. The molecule has 0 spiro atoms. The second kappa shape index (κ2) is 14.7. The van der Waals surface area contributed by atoms with Crippen molar-refractivity contribution in [2.24, 2.45) is 5.41 Å². The minimum Gasteiger partial charge on any atom is -0.465 e. The highest BCUT2D eigenvalue weighted by Crippen LogP contribution is 2.39. The van der Waals surface area contributed by atoms with E-state index in [0.29, 0.717) is 35.8 Å². The molecular formula is C33H44N6O7S. The molecule has 1 unspecified atom stereocenters. The third-order valence-corrected chi connectivity index (χ3v) is 8.33. The number of ether oxygens (including phenoxy) is 1. The highest BCUT2D eigenvalue weighted by atomic mass is 32.1. The molecule has 0 fully saturated rings. The maximum atomic E-state index is 12.6. The van der Waals surface area contributed by atoms with E-state index in [1.807, 2.05) is 24.3 Å². The quantitative estimate of drug-likeness (QED) is 0.120. The van der Waals surface area contributed by atoms with Gasteiger partial charge < -0.3 is 25.6 Å². The lowest BCUT2D eigenvalue weighted by Crippen LogP contribution is -2.76. The first kappa shape index (κ1) is 36.6. The summed E-state index contributed by atoms with van der Waals surface area (Å²) in [4.78, 5) is 54.6. The van der Waals surface area contributed by atoms with Crippen molar-refractivity contribution in [1.29, 1.82) is 0 Å². The summed E-state index contributed by atoms with van der Waals surface area (Å²) in [5.41, 5.74) is 2.08. The lowest BCUT2D eigenvalue weighted by atomic mass is 9.82. The molecule has 0 bridgehead atoms. The minimum atomic E-state index is -1.71. The molecule has 0 saturated carbocycles. The maximum absolute atomic E-state index is 12.6.